The summed E-state index contributed by atoms with van der Waals surface area (Å²) in [7, 11) is 1.45. The molecule has 0 spiro atoms. The number of phenols is 3. The monoisotopic (exact) mass is 406 g/mol. The van der Waals surface area contributed by atoms with Crippen LogP contribution in [0, 0.1) is 0 Å². The first-order valence-electron chi connectivity index (χ1n) is 9.56. The van der Waals surface area contributed by atoms with Gasteiger partial charge in [-0.3, -0.25) is 4.79 Å². The molecule has 3 aromatic rings. The van der Waals surface area contributed by atoms with Crippen LogP contribution in [0.4, 0.5) is 0 Å². The maximum absolute atomic E-state index is 12.2. The van der Waals surface area contributed by atoms with Gasteiger partial charge in [-0.15, -0.1) is 0 Å². The number of fused-ring (bicyclic) bond motifs is 1. The molecule has 0 unspecified atom stereocenters. The Morgan fingerprint density at radius 1 is 0.967 bits per heavy atom. The van der Waals surface area contributed by atoms with Crippen LogP contribution in [-0.2, 0) is 0 Å². The van der Waals surface area contributed by atoms with Gasteiger partial charge >= 0.3 is 0 Å². The van der Waals surface area contributed by atoms with E-state index < -0.39 is 0 Å². The molecule has 6 heteroatoms. The molecule has 0 amide bonds. The minimum Gasteiger partial charge on any atom is -0.508 e. The van der Waals surface area contributed by atoms with E-state index in [0.29, 0.717) is 23.7 Å². The Hall–Kier alpha value is -3.67. The Bertz CT molecular complexity index is 1100. The Morgan fingerprint density at radius 3 is 2.30 bits per heavy atom. The first-order valence-corrected chi connectivity index (χ1v) is 9.56. The molecular weight excluding hydrogens is 384 g/mol. The van der Waals surface area contributed by atoms with Crippen molar-refractivity contribution in [3.63, 3.8) is 0 Å². The van der Waals surface area contributed by atoms with Crippen LogP contribution in [0.25, 0.3) is 0 Å². The van der Waals surface area contributed by atoms with Gasteiger partial charge in [-0.25, -0.2) is 0 Å². The predicted molar refractivity (Wildman–Crippen MR) is 111 cm³/mol. The molecule has 0 saturated carbocycles. The number of carbonyl (C=O) groups excluding carboxylic acids is 1. The Kier molecular flexibility index (Phi) is 4.99. The van der Waals surface area contributed by atoms with E-state index in [-0.39, 0.29) is 40.4 Å². The van der Waals surface area contributed by atoms with Gasteiger partial charge in [0.2, 0.25) is 0 Å². The van der Waals surface area contributed by atoms with E-state index in [1.165, 1.54) is 14.0 Å². The van der Waals surface area contributed by atoms with Crippen LogP contribution in [0.1, 0.15) is 45.8 Å². The van der Waals surface area contributed by atoms with Gasteiger partial charge in [0.25, 0.3) is 0 Å². The Morgan fingerprint density at radius 2 is 1.63 bits per heavy atom. The molecule has 0 radical (unpaired) electrons. The topological polar surface area (TPSA) is 96.2 Å². The van der Waals surface area contributed by atoms with Crippen molar-refractivity contribution >= 4 is 5.78 Å². The van der Waals surface area contributed by atoms with E-state index in [4.69, 9.17) is 9.47 Å². The van der Waals surface area contributed by atoms with E-state index in [2.05, 4.69) is 0 Å². The normalized spacial score (nSPS) is 17.7. The highest BCUT2D eigenvalue weighted by molar-refractivity contribution is 6.00. The zero-order valence-corrected chi connectivity index (χ0v) is 16.6. The van der Waals surface area contributed by atoms with Crippen molar-refractivity contribution < 1.29 is 29.6 Å². The van der Waals surface area contributed by atoms with Crippen molar-refractivity contribution in [1.29, 1.82) is 0 Å². The molecule has 0 aliphatic carbocycles. The summed E-state index contributed by atoms with van der Waals surface area (Å²) in [5.74, 6) is 0.103. The third-order valence-electron chi connectivity index (χ3n) is 5.55. The van der Waals surface area contributed by atoms with Gasteiger partial charge in [-0.2, -0.15) is 0 Å². The quantitative estimate of drug-likeness (QED) is 0.559. The van der Waals surface area contributed by atoms with Crippen molar-refractivity contribution in [3.8, 4) is 28.7 Å². The summed E-state index contributed by atoms with van der Waals surface area (Å²) in [5, 5.41) is 30.6. The molecule has 0 fully saturated rings. The van der Waals surface area contributed by atoms with Crippen molar-refractivity contribution in [3.05, 3.63) is 76.9 Å². The number of ether oxygens (including phenoxy) is 2. The lowest BCUT2D eigenvalue weighted by atomic mass is 9.75. The van der Waals surface area contributed by atoms with Gasteiger partial charge in [0, 0.05) is 29.0 Å². The lowest BCUT2D eigenvalue weighted by Crippen LogP contribution is -2.25. The Labute approximate surface area is 174 Å². The number of rotatable bonds is 4. The second kappa shape index (κ2) is 7.63. The predicted octanol–water partition coefficient (Wildman–Crippen LogP) is 4.32. The highest BCUT2D eigenvalue weighted by Gasteiger charge is 2.36. The maximum atomic E-state index is 12.2. The molecule has 30 heavy (non-hydrogen) atoms. The van der Waals surface area contributed by atoms with Crippen LogP contribution in [0.5, 0.6) is 28.7 Å². The summed E-state index contributed by atoms with van der Waals surface area (Å²) < 4.78 is 11.2. The second-order valence-corrected chi connectivity index (χ2v) is 7.35. The first kappa shape index (κ1) is 19.6. The van der Waals surface area contributed by atoms with Gasteiger partial charge in [-0.05, 0) is 36.8 Å². The second-order valence-electron chi connectivity index (χ2n) is 7.35. The highest BCUT2D eigenvalue weighted by atomic mass is 16.5. The van der Waals surface area contributed by atoms with Crippen molar-refractivity contribution in [2.45, 2.75) is 18.8 Å². The number of phenolic OH excluding ortho intramolecular Hbond substituents is 3. The lowest BCUT2D eigenvalue weighted by Gasteiger charge is -2.35. The van der Waals surface area contributed by atoms with Gasteiger partial charge in [0.05, 0.1) is 13.7 Å². The van der Waals surface area contributed by atoms with Crippen LogP contribution in [0.2, 0.25) is 0 Å². The number of Topliss-reactive ketones (excluding diaryl/α,β-unsaturated/α-hetero) is 1. The molecule has 4 rings (SSSR count). The fraction of sp³-hybridized carbons (Fsp3) is 0.208. The van der Waals surface area contributed by atoms with Crippen LogP contribution < -0.4 is 9.47 Å². The molecule has 154 valence electrons. The van der Waals surface area contributed by atoms with Gasteiger partial charge in [-0.1, -0.05) is 24.3 Å². The Balaban J connectivity index is 1.94. The van der Waals surface area contributed by atoms with E-state index in [0.717, 1.165) is 11.1 Å². The van der Waals surface area contributed by atoms with Crippen LogP contribution in [0.15, 0.2) is 54.6 Å². The number of benzene rings is 3. The lowest BCUT2D eigenvalue weighted by molar-refractivity contribution is 0.101. The highest BCUT2D eigenvalue weighted by Crippen LogP contribution is 2.50. The number of hydrogen-bond acceptors (Lipinski definition) is 6. The SMILES string of the molecule is COc1ccc([C@H]2c3ccc(O)cc3OC[C@H]2c2ccc(O)cc2)c(O)c1C(C)=O. The average molecular weight is 406 g/mol. The van der Waals surface area contributed by atoms with Crippen LogP contribution in [0.3, 0.4) is 0 Å². The molecule has 1 heterocycles. The number of hydrogen-bond donors (Lipinski definition) is 3. The molecule has 1 aliphatic rings. The molecule has 0 aromatic heterocycles. The van der Waals surface area contributed by atoms with Crippen molar-refractivity contribution in [2.24, 2.45) is 0 Å². The summed E-state index contributed by atoms with van der Waals surface area (Å²) in [6, 6.07) is 15.1. The number of aromatic hydroxyl groups is 3. The van der Waals surface area contributed by atoms with Crippen molar-refractivity contribution in [2.75, 3.05) is 13.7 Å². The smallest absolute Gasteiger partial charge is 0.167 e. The van der Waals surface area contributed by atoms with Crippen LogP contribution >= 0.6 is 0 Å². The van der Waals surface area contributed by atoms with Crippen LogP contribution in [-0.4, -0.2) is 34.8 Å². The van der Waals surface area contributed by atoms with E-state index >= 15 is 0 Å². The number of methoxy groups -OCH3 is 1. The minimum absolute atomic E-state index is 0.0824. The zero-order chi connectivity index (χ0) is 21.4. The average Bonchev–Trinajstić information content (AvgIpc) is 2.73. The molecule has 3 N–H and O–H groups in total. The fourth-order valence-electron chi connectivity index (χ4n) is 4.14. The molecule has 1 aliphatic heterocycles. The molecule has 0 bridgehead atoms. The van der Waals surface area contributed by atoms with E-state index in [1.807, 2.05) is 12.1 Å². The molecule has 2 atom stereocenters. The molecule has 3 aromatic carbocycles. The number of ketones is 1. The summed E-state index contributed by atoms with van der Waals surface area (Å²) in [6.07, 6.45) is 0. The summed E-state index contributed by atoms with van der Waals surface area (Å²) in [6.45, 7) is 1.68. The third-order valence-corrected chi connectivity index (χ3v) is 5.55. The molecule has 0 saturated heterocycles. The molecule has 6 nitrogen and oxygen atoms in total. The number of carbonyl (C=O) groups is 1. The van der Waals surface area contributed by atoms with Gasteiger partial charge < -0.3 is 24.8 Å². The summed E-state index contributed by atoms with van der Waals surface area (Å²) >= 11 is 0. The van der Waals surface area contributed by atoms with Crippen molar-refractivity contribution in [1.82, 2.24) is 0 Å². The zero-order valence-electron chi connectivity index (χ0n) is 16.6. The third kappa shape index (κ3) is 3.30. The first-order chi connectivity index (χ1) is 14.4. The summed E-state index contributed by atoms with van der Waals surface area (Å²) in [4.78, 5) is 12.2. The molecular formula is C24H22O6. The van der Waals surface area contributed by atoms with Gasteiger partial charge in [0.1, 0.15) is 34.3 Å². The maximum Gasteiger partial charge on any atom is 0.167 e. The largest absolute Gasteiger partial charge is 0.508 e. The van der Waals surface area contributed by atoms with Gasteiger partial charge in [0.15, 0.2) is 5.78 Å². The summed E-state index contributed by atoms with van der Waals surface area (Å²) in [5.41, 5.74) is 2.39. The van der Waals surface area contributed by atoms with E-state index in [1.54, 1.807) is 42.5 Å². The fourth-order valence-corrected chi connectivity index (χ4v) is 4.14. The van der Waals surface area contributed by atoms with E-state index in [9.17, 15) is 20.1 Å². The standard InChI is InChI=1S/C24H22O6/c1-13(25)22-20(29-2)10-9-18(24(22)28)23-17-8-7-16(27)11-21(17)30-12-19(23)14-3-5-15(26)6-4-14/h3-11,19,23,26-28H,12H2,1-2H3/t19-,23+/m0/s1. The minimum atomic E-state index is -0.345.